The van der Waals surface area contributed by atoms with Crippen LogP contribution >= 0.6 is 11.3 Å². The van der Waals surface area contributed by atoms with Crippen LogP contribution in [0.3, 0.4) is 0 Å². The molecular formula is C19H20N2O5S2. The van der Waals surface area contributed by atoms with Crippen molar-refractivity contribution < 1.29 is 23.2 Å². The maximum absolute atomic E-state index is 12.7. The first-order valence-electron chi connectivity index (χ1n) is 8.97. The minimum absolute atomic E-state index is 0.0311. The van der Waals surface area contributed by atoms with E-state index in [2.05, 4.69) is 9.88 Å². The number of hydrogen-bond donors (Lipinski definition) is 3. The standard InChI is InChI=1S/C19H20N2O5S2/c22-14-5-6-15(17(23)11-14)12-1-3-13(4-2-12)21-28(24,25)19-8-7-18(27-19)16-9-10-26-20-16/h5-13,21-23H,1-4H2/t12-,13+. The monoisotopic (exact) mass is 420 g/mol. The van der Waals surface area contributed by atoms with Crippen molar-refractivity contribution in [2.24, 2.45) is 0 Å². The fourth-order valence-electron chi connectivity index (χ4n) is 3.62. The number of aromatic nitrogens is 1. The lowest BCUT2D eigenvalue weighted by molar-refractivity contribution is 0.363. The Balaban J connectivity index is 1.40. The van der Waals surface area contributed by atoms with E-state index in [0.717, 1.165) is 34.6 Å². The summed E-state index contributed by atoms with van der Waals surface area (Å²) in [7, 11) is -3.60. The van der Waals surface area contributed by atoms with Gasteiger partial charge >= 0.3 is 0 Å². The van der Waals surface area contributed by atoms with Crippen molar-refractivity contribution in [1.29, 1.82) is 0 Å². The number of hydrogen-bond acceptors (Lipinski definition) is 7. The van der Waals surface area contributed by atoms with Crippen molar-refractivity contribution in [3.05, 3.63) is 48.2 Å². The largest absolute Gasteiger partial charge is 0.508 e. The summed E-state index contributed by atoms with van der Waals surface area (Å²) in [5.41, 5.74) is 1.41. The van der Waals surface area contributed by atoms with E-state index in [4.69, 9.17) is 4.52 Å². The molecule has 1 aromatic carbocycles. The Labute approximate surface area is 166 Å². The van der Waals surface area contributed by atoms with E-state index in [9.17, 15) is 18.6 Å². The summed E-state index contributed by atoms with van der Waals surface area (Å²) in [6.45, 7) is 0. The molecule has 0 unspecified atom stereocenters. The van der Waals surface area contributed by atoms with E-state index in [0.29, 0.717) is 18.5 Å². The van der Waals surface area contributed by atoms with Gasteiger partial charge in [-0.3, -0.25) is 0 Å². The first-order chi connectivity index (χ1) is 13.4. The summed E-state index contributed by atoms with van der Waals surface area (Å²) in [6, 6.07) is 9.49. The minimum Gasteiger partial charge on any atom is -0.508 e. The predicted octanol–water partition coefficient (Wildman–Crippen LogP) is 3.82. The summed E-state index contributed by atoms with van der Waals surface area (Å²) in [5.74, 6) is 0.272. The lowest BCUT2D eigenvalue weighted by atomic mass is 9.81. The highest BCUT2D eigenvalue weighted by atomic mass is 32.2. The topological polar surface area (TPSA) is 113 Å². The zero-order valence-electron chi connectivity index (χ0n) is 14.9. The molecule has 0 bridgehead atoms. The fraction of sp³-hybridized carbons (Fsp3) is 0.316. The SMILES string of the molecule is O=S(=O)(N[C@H]1CC[C@@H](c2ccc(O)cc2O)CC1)c1ccc(-c2ccon2)s1. The van der Waals surface area contributed by atoms with E-state index < -0.39 is 10.0 Å². The van der Waals surface area contributed by atoms with Crippen molar-refractivity contribution in [2.45, 2.75) is 41.9 Å². The van der Waals surface area contributed by atoms with Crippen molar-refractivity contribution in [3.63, 3.8) is 0 Å². The molecule has 1 aliphatic rings. The summed E-state index contributed by atoms with van der Waals surface area (Å²) in [5, 5.41) is 23.3. The van der Waals surface area contributed by atoms with Crippen LogP contribution < -0.4 is 4.72 Å². The first kappa shape index (κ1) is 19.0. The maximum Gasteiger partial charge on any atom is 0.250 e. The lowest BCUT2D eigenvalue weighted by Gasteiger charge is -2.29. The Hall–Kier alpha value is -2.36. The average molecular weight is 421 g/mol. The van der Waals surface area contributed by atoms with Gasteiger partial charge in [0.25, 0.3) is 0 Å². The Morgan fingerprint density at radius 1 is 1.07 bits per heavy atom. The quantitative estimate of drug-likeness (QED) is 0.578. The molecule has 2 heterocycles. The molecule has 1 saturated carbocycles. The highest BCUT2D eigenvalue weighted by Gasteiger charge is 2.28. The molecule has 0 saturated heterocycles. The van der Waals surface area contributed by atoms with Crippen LogP contribution in [0.5, 0.6) is 11.5 Å². The van der Waals surface area contributed by atoms with Crippen LogP contribution in [-0.2, 0) is 10.0 Å². The smallest absolute Gasteiger partial charge is 0.250 e. The number of sulfonamides is 1. The number of nitrogens with one attached hydrogen (secondary N) is 1. The minimum atomic E-state index is -3.60. The zero-order chi connectivity index (χ0) is 19.7. The molecule has 1 aliphatic carbocycles. The van der Waals surface area contributed by atoms with Crippen molar-refractivity contribution in [1.82, 2.24) is 9.88 Å². The molecule has 9 heteroatoms. The Morgan fingerprint density at radius 2 is 1.86 bits per heavy atom. The van der Waals surface area contributed by atoms with Crippen LogP contribution in [0, 0.1) is 0 Å². The second kappa shape index (κ2) is 7.57. The predicted molar refractivity (Wildman–Crippen MR) is 105 cm³/mol. The number of aromatic hydroxyl groups is 2. The van der Waals surface area contributed by atoms with E-state index >= 15 is 0 Å². The first-order valence-corrected chi connectivity index (χ1v) is 11.3. The average Bonchev–Trinajstić information content (AvgIpc) is 3.34. The molecule has 0 spiro atoms. The van der Waals surface area contributed by atoms with Gasteiger partial charge in [0, 0.05) is 18.2 Å². The van der Waals surface area contributed by atoms with Gasteiger partial charge in [-0.15, -0.1) is 11.3 Å². The van der Waals surface area contributed by atoms with E-state index in [1.807, 2.05) is 0 Å². The molecule has 1 fully saturated rings. The number of nitrogens with zero attached hydrogens (tertiary/aromatic N) is 1. The van der Waals surface area contributed by atoms with Crippen LogP contribution in [0.1, 0.15) is 37.2 Å². The molecule has 0 atom stereocenters. The summed E-state index contributed by atoms with van der Waals surface area (Å²) in [4.78, 5) is 0.737. The number of benzene rings is 1. The van der Waals surface area contributed by atoms with Gasteiger partial charge in [-0.25, -0.2) is 13.1 Å². The molecule has 148 valence electrons. The molecule has 3 N–H and O–H groups in total. The van der Waals surface area contributed by atoms with E-state index in [-0.39, 0.29) is 27.7 Å². The number of thiophene rings is 1. The molecule has 2 aromatic heterocycles. The Morgan fingerprint density at radius 3 is 2.54 bits per heavy atom. The van der Waals surface area contributed by atoms with Gasteiger partial charge in [0.15, 0.2) is 0 Å². The third-order valence-corrected chi connectivity index (χ3v) is 8.16. The number of rotatable bonds is 5. The molecule has 0 aliphatic heterocycles. The van der Waals surface area contributed by atoms with Crippen LogP contribution in [0.4, 0.5) is 0 Å². The van der Waals surface area contributed by atoms with Crippen LogP contribution in [-0.4, -0.2) is 29.8 Å². The third-order valence-electron chi connectivity index (χ3n) is 5.04. The molecule has 0 amide bonds. The van der Waals surface area contributed by atoms with Gasteiger partial charge in [-0.2, -0.15) is 0 Å². The van der Waals surface area contributed by atoms with Crippen LogP contribution in [0.25, 0.3) is 10.6 Å². The lowest BCUT2D eigenvalue weighted by Crippen LogP contribution is -2.37. The Kier molecular flexibility index (Phi) is 5.13. The number of phenolic OH excluding ortho intramolecular Hbond substituents is 2. The summed E-state index contributed by atoms with van der Waals surface area (Å²) in [6.07, 6.45) is 4.35. The molecule has 28 heavy (non-hydrogen) atoms. The maximum atomic E-state index is 12.7. The molecular weight excluding hydrogens is 400 g/mol. The van der Waals surface area contributed by atoms with Gasteiger partial charge in [0.05, 0.1) is 4.88 Å². The van der Waals surface area contributed by atoms with Crippen LogP contribution in [0.15, 0.2) is 51.4 Å². The van der Waals surface area contributed by atoms with E-state index in [1.54, 1.807) is 30.3 Å². The molecule has 3 aromatic rings. The zero-order valence-corrected chi connectivity index (χ0v) is 16.5. The highest BCUT2D eigenvalue weighted by Crippen LogP contribution is 2.39. The summed E-state index contributed by atoms with van der Waals surface area (Å²) < 4.78 is 33.3. The Bertz CT molecular complexity index is 1050. The highest BCUT2D eigenvalue weighted by molar-refractivity contribution is 7.91. The second-order valence-corrected chi connectivity index (χ2v) is 9.94. The number of phenols is 2. The third kappa shape index (κ3) is 3.91. The molecule has 7 nitrogen and oxygen atoms in total. The van der Waals surface area contributed by atoms with E-state index in [1.165, 1.54) is 12.3 Å². The van der Waals surface area contributed by atoms with Gasteiger partial charge in [0.2, 0.25) is 10.0 Å². The second-order valence-electron chi connectivity index (χ2n) is 6.92. The van der Waals surface area contributed by atoms with Gasteiger partial charge in [-0.1, -0.05) is 11.2 Å². The fourth-order valence-corrected chi connectivity index (χ4v) is 6.21. The van der Waals surface area contributed by atoms with Crippen molar-refractivity contribution in [2.75, 3.05) is 0 Å². The summed E-state index contributed by atoms with van der Waals surface area (Å²) >= 11 is 1.16. The van der Waals surface area contributed by atoms with Crippen molar-refractivity contribution >= 4 is 21.4 Å². The van der Waals surface area contributed by atoms with Crippen molar-refractivity contribution in [3.8, 4) is 22.1 Å². The van der Waals surface area contributed by atoms with Crippen LogP contribution in [0.2, 0.25) is 0 Å². The normalized spacial score (nSPS) is 20.3. The van der Waals surface area contributed by atoms with Gasteiger partial charge < -0.3 is 14.7 Å². The molecule has 0 radical (unpaired) electrons. The van der Waals surface area contributed by atoms with Gasteiger partial charge in [0.1, 0.15) is 27.7 Å². The van der Waals surface area contributed by atoms with Gasteiger partial charge in [-0.05, 0) is 55.4 Å². The molecule has 4 rings (SSSR count).